The number of hydrogen-bond acceptors (Lipinski definition) is 6. The fourth-order valence-corrected chi connectivity index (χ4v) is 7.42. The number of carbonyl (C=O) groups is 3. The Bertz CT molecular complexity index is 1420. The maximum Gasteiger partial charge on any atom is 0.306 e. The van der Waals surface area contributed by atoms with Crippen molar-refractivity contribution in [3.8, 4) is 0 Å². The van der Waals surface area contributed by atoms with Gasteiger partial charge in [-0.2, -0.15) is 0 Å². The first-order valence-corrected chi connectivity index (χ1v) is 28.4. The lowest BCUT2D eigenvalue weighted by Gasteiger charge is -2.18. The van der Waals surface area contributed by atoms with Crippen LogP contribution in [0.1, 0.15) is 252 Å². The second-order valence-electron chi connectivity index (χ2n) is 18.5. The van der Waals surface area contributed by atoms with Crippen molar-refractivity contribution in [3.63, 3.8) is 0 Å². The van der Waals surface area contributed by atoms with Gasteiger partial charge in [0.05, 0.1) is 0 Å². The number of esters is 3. The third kappa shape index (κ3) is 54.9. The van der Waals surface area contributed by atoms with Crippen molar-refractivity contribution in [1.82, 2.24) is 0 Å². The smallest absolute Gasteiger partial charge is 0.306 e. The zero-order chi connectivity index (χ0) is 50.0. The summed E-state index contributed by atoms with van der Waals surface area (Å²) >= 11 is 0. The van der Waals surface area contributed by atoms with Crippen LogP contribution >= 0.6 is 0 Å². The van der Waals surface area contributed by atoms with Crippen LogP contribution in [0.5, 0.6) is 0 Å². The molecule has 0 aromatic heterocycles. The molecule has 0 unspecified atom stereocenters. The Balaban J connectivity index is 4.57. The highest BCUT2D eigenvalue weighted by molar-refractivity contribution is 5.71. The summed E-state index contributed by atoms with van der Waals surface area (Å²) in [6, 6.07) is 0. The summed E-state index contributed by atoms with van der Waals surface area (Å²) in [5.74, 6) is -1.04. The molecule has 0 saturated heterocycles. The normalized spacial score (nSPS) is 12.9. The van der Waals surface area contributed by atoms with E-state index in [1.165, 1.54) is 128 Å². The van der Waals surface area contributed by atoms with E-state index in [0.717, 1.165) is 70.6 Å². The molecule has 0 fully saturated rings. The summed E-state index contributed by atoms with van der Waals surface area (Å²) in [7, 11) is 0. The molecule has 0 aliphatic heterocycles. The molecule has 1 atom stereocenters. The maximum atomic E-state index is 12.8. The van der Waals surface area contributed by atoms with E-state index in [-0.39, 0.29) is 44.0 Å². The van der Waals surface area contributed by atoms with Gasteiger partial charge in [0.1, 0.15) is 13.2 Å². The van der Waals surface area contributed by atoms with Gasteiger partial charge in [-0.3, -0.25) is 14.4 Å². The van der Waals surface area contributed by atoms with Crippen molar-refractivity contribution >= 4 is 17.9 Å². The number of hydrogen-bond donors (Lipinski definition) is 0. The van der Waals surface area contributed by atoms with Crippen LogP contribution in [0.25, 0.3) is 0 Å². The van der Waals surface area contributed by atoms with Crippen LogP contribution in [0.3, 0.4) is 0 Å². The first kappa shape index (κ1) is 65.1. The average molecular weight is 958 g/mol. The van der Waals surface area contributed by atoms with E-state index in [4.69, 9.17) is 14.2 Å². The van der Waals surface area contributed by atoms with E-state index in [2.05, 4.69) is 130 Å². The standard InChI is InChI=1S/C63H104O6/c1-4-7-10-13-16-19-22-25-28-31-34-37-40-43-46-49-52-55-61(64)67-58-60(69-63(66)57-54-51-48-45-42-39-36-33-30-27-24-21-18-15-12-9-6-3)59-68-62(65)56-53-50-47-44-41-38-35-32-29-26-23-20-17-14-11-8-5-2/h16,18-19,21,25-30,34,36-37,39,43,45-46,48,60H,4-15,17,20,22-24,31-33,35,38,40-42,44,47,49-59H2,1-3H3/b19-16-,21-18-,28-25-,29-26-,30-27-,37-34-,39-36-,46-43-,48-45-/t60-/m0/s1. The summed E-state index contributed by atoms with van der Waals surface area (Å²) < 4.78 is 16.8. The monoisotopic (exact) mass is 957 g/mol. The van der Waals surface area contributed by atoms with E-state index in [1.807, 2.05) is 0 Å². The van der Waals surface area contributed by atoms with Gasteiger partial charge in [0.2, 0.25) is 0 Å². The molecular formula is C63H104O6. The Hall–Kier alpha value is -3.93. The molecule has 0 amide bonds. The molecular weight excluding hydrogens is 853 g/mol. The molecule has 392 valence electrons. The summed E-state index contributed by atoms with van der Waals surface area (Å²) in [6.45, 7) is 6.48. The second-order valence-corrected chi connectivity index (χ2v) is 18.5. The number of allylic oxidation sites excluding steroid dienone is 18. The van der Waals surface area contributed by atoms with Crippen LogP contribution < -0.4 is 0 Å². The van der Waals surface area contributed by atoms with Gasteiger partial charge in [-0.25, -0.2) is 0 Å². The summed E-state index contributed by atoms with van der Waals surface area (Å²) in [5.41, 5.74) is 0. The topological polar surface area (TPSA) is 78.9 Å². The highest BCUT2D eigenvalue weighted by Crippen LogP contribution is 2.13. The van der Waals surface area contributed by atoms with Crippen molar-refractivity contribution in [1.29, 1.82) is 0 Å². The minimum atomic E-state index is -0.833. The van der Waals surface area contributed by atoms with Crippen LogP contribution in [0.15, 0.2) is 109 Å². The van der Waals surface area contributed by atoms with E-state index >= 15 is 0 Å². The minimum Gasteiger partial charge on any atom is -0.462 e. The zero-order valence-electron chi connectivity index (χ0n) is 44.8. The summed E-state index contributed by atoms with van der Waals surface area (Å²) in [4.78, 5) is 38.1. The third-order valence-corrected chi connectivity index (χ3v) is 11.7. The van der Waals surface area contributed by atoms with E-state index in [0.29, 0.717) is 19.3 Å². The summed E-state index contributed by atoms with van der Waals surface area (Å²) in [6.07, 6.45) is 76.5. The van der Waals surface area contributed by atoms with Crippen LogP contribution in [0.4, 0.5) is 0 Å². The van der Waals surface area contributed by atoms with Gasteiger partial charge in [-0.1, -0.05) is 220 Å². The minimum absolute atomic E-state index is 0.120. The molecule has 0 N–H and O–H groups in total. The van der Waals surface area contributed by atoms with Gasteiger partial charge in [-0.15, -0.1) is 0 Å². The van der Waals surface area contributed by atoms with Gasteiger partial charge >= 0.3 is 17.9 Å². The lowest BCUT2D eigenvalue weighted by atomic mass is 10.1. The molecule has 6 nitrogen and oxygen atoms in total. The average Bonchev–Trinajstić information content (AvgIpc) is 3.35. The Kier molecular flexibility index (Phi) is 53.4. The molecule has 0 spiro atoms. The predicted molar refractivity (Wildman–Crippen MR) is 297 cm³/mol. The van der Waals surface area contributed by atoms with E-state index in [1.54, 1.807) is 0 Å². The predicted octanol–water partition coefficient (Wildman–Crippen LogP) is 19.1. The molecule has 0 aromatic rings. The van der Waals surface area contributed by atoms with Gasteiger partial charge < -0.3 is 14.2 Å². The van der Waals surface area contributed by atoms with Crippen molar-refractivity contribution in [2.24, 2.45) is 0 Å². The van der Waals surface area contributed by atoms with Gasteiger partial charge in [0.25, 0.3) is 0 Å². The molecule has 69 heavy (non-hydrogen) atoms. The van der Waals surface area contributed by atoms with E-state index < -0.39 is 6.10 Å². The van der Waals surface area contributed by atoms with Gasteiger partial charge in [0, 0.05) is 19.3 Å². The van der Waals surface area contributed by atoms with Crippen molar-refractivity contribution < 1.29 is 28.6 Å². The Morgan fingerprint density at radius 1 is 0.290 bits per heavy atom. The van der Waals surface area contributed by atoms with Gasteiger partial charge in [-0.05, 0) is 122 Å². The molecule has 0 rings (SSSR count). The first-order chi connectivity index (χ1) is 34.0. The molecule has 0 bridgehead atoms. The van der Waals surface area contributed by atoms with Crippen LogP contribution in [0.2, 0.25) is 0 Å². The third-order valence-electron chi connectivity index (χ3n) is 11.7. The number of unbranched alkanes of at least 4 members (excludes halogenated alkanes) is 21. The fraction of sp³-hybridized carbons (Fsp3) is 0.667. The Labute approximate surface area is 425 Å². The van der Waals surface area contributed by atoms with Crippen molar-refractivity contribution in [3.05, 3.63) is 109 Å². The molecule has 0 aromatic carbocycles. The van der Waals surface area contributed by atoms with Crippen molar-refractivity contribution in [2.75, 3.05) is 13.2 Å². The lowest BCUT2D eigenvalue weighted by molar-refractivity contribution is -0.167. The maximum absolute atomic E-state index is 12.8. The zero-order valence-corrected chi connectivity index (χ0v) is 44.8. The quantitative estimate of drug-likeness (QED) is 0.0262. The molecule has 0 aliphatic rings. The molecule has 6 heteroatoms. The van der Waals surface area contributed by atoms with Crippen molar-refractivity contribution in [2.45, 2.75) is 258 Å². The number of carbonyl (C=O) groups excluding carboxylic acids is 3. The largest absolute Gasteiger partial charge is 0.462 e. The highest BCUT2D eigenvalue weighted by Gasteiger charge is 2.19. The van der Waals surface area contributed by atoms with Crippen LogP contribution in [0, 0.1) is 0 Å². The summed E-state index contributed by atoms with van der Waals surface area (Å²) in [5, 5.41) is 0. The molecule has 0 heterocycles. The Morgan fingerprint density at radius 2 is 0.536 bits per heavy atom. The first-order valence-electron chi connectivity index (χ1n) is 28.4. The SMILES string of the molecule is CCCCC/C=C\C/C=C\C/C=C\C/C=C\CCCC(=O)OC[C@@H](COC(=O)CCCCCCCCC/C=C\CCCCCCCC)OC(=O)CCC/C=C\C/C=C\C/C=C\C/C=C\CCCCC. The molecule has 0 radical (unpaired) electrons. The van der Waals surface area contributed by atoms with E-state index in [9.17, 15) is 14.4 Å². The highest BCUT2D eigenvalue weighted by atomic mass is 16.6. The van der Waals surface area contributed by atoms with Gasteiger partial charge in [0.15, 0.2) is 6.10 Å². The van der Waals surface area contributed by atoms with Crippen LogP contribution in [-0.2, 0) is 28.6 Å². The molecule has 0 aliphatic carbocycles. The van der Waals surface area contributed by atoms with Crippen LogP contribution in [-0.4, -0.2) is 37.2 Å². The Morgan fingerprint density at radius 3 is 0.913 bits per heavy atom. The fourth-order valence-electron chi connectivity index (χ4n) is 7.42. The number of ether oxygens (including phenoxy) is 3. The number of rotatable bonds is 50. The lowest BCUT2D eigenvalue weighted by Crippen LogP contribution is -2.30. The second kappa shape index (κ2) is 56.7. The molecule has 0 saturated carbocycles.